The topological polar surface area (TPSA) is 63.1 Å². The van der Waals surface area contributed by atoms with Crippen LogP contribution in [-0.4, -0.2) is 28.5 Å². The Hall–Kier alpha value is -2.30. The molecule has 0 aliphatic carbocycles. The van der Waals surface area contributed by atoms with E-state index in [1.54, 1.807) is 0 Å². The monoisotopic (exact) mass is 271 g/mol. The molecule has 1 aromatic heterocycles. The van der Waals surface area contributed by atoms with Crippen molar-refractivity contribution in [2.75, 3.05) is 0 Å². The van der Waals surface area contributed by atoms with E-state index in [1.165, 1.54) is 0 Å². The first-order valence-electron chi connectivity index (χ1n) is 6.76. The number of amides is 2. The van der Waals surface area contributed by atoms with Crippen molar-refractivity contribution in [2.45, 2.75) is 32.5 Å². The maximum absolute atomic E-state index is 12.1. The van der Waals surface area contributed by atoms with Gasteiger partial charge in [0.2, 0.25) is 5.91 Å². The second-order valence-electron chi connectivity index (χ2n) is 5.39. The quantitative estimate of drug-likeness (QED) is 0.864. The Kier molecular flexibility index (Phi) is 2.97. The summed E-state index contributed by atoms with van der Waals surface area (Å²) in [5.41, 5.74) is 1.60. The number of rotatable bonds is 2. The summed E-state index contributed by atoms with van der Waals surface area (Å²) in [5.74, 6) is -0.340. The second-order valence-corrected chi connectivity index (χ2v) is 5.39. The molecule has 2 heterocycles. The fraction of sp³-hybridized carbons (Fsp3) is 0.333. The Morgan fingerprint density at radius 1 is 1.40 bits per heavy atom. The van der Waals surface area contributed by atoms with Gasteiger partial charge in [-0.1, -0.05) is 18.2 Å². The van der Waals surface area contributed by atoms with Crippen LogP contribution in [-0.2, 0) is 11.3 Å². The van der Waals surface area contributed by atoms with E-state index in [2.05, 4.69) is 10.6 Å². The van der Waals surface area contributed by atoms with Gasteiger partial charge in [-0.2, -0.15) is 0 Å². The van der Waals surface area contributed by atoms with Gasteiger partial charge in [-0.3, -0.25) is 9.59 Å². The smallest absolute Gasteiger partial charge is 0.268 e. The highest BCUT2D eigenvalue weighted by Gasteiger charge is 2.30. The molecule has 2 aromatic rings. The van der Waals surface area contributed by atoms with E-state index in [0.29, 0.717) is 12.2 Å². The van der Waals surface area contributed by atoms with Gasteiger partial charge in [0.15, 0.2) is 0 Å². The van der Waals surface area contributed by atoms with Crippen LogP contribution < -0.4 is 10.6 Å². The lowest BCUT2D eigenvalue weighted by molar-refractivity contribution is -0.123. The number of carbonyl (C=O) groups is 2. The fourth-order valence-corrected chi connectivity index (χ4v) is 2.59. The number of nitrogens with one attached hydrogen (secondary N) is 2. The Morgan fingerprint density at radius 3 is 2.90 bits per heavy atom. The van der Waals surface area contributed by atoms with Gasteiger partial charge in [-0.05, 0) is 26.0 Å². The van der Waals surface area contributed by atoms with Crippen molar-refractivity contribution >= 4 is 22.7 Å². The average molecular weight is 271 g/mol. The highest BCUT2D eigenvalue weighted by molar-refractivity contribution is 6.02. The molecule has 0 fully saturated rings. The van der Waals surface area contributed by atoms with Crippen molar-refractivity contribution in [1.29, 1.82) is 0 Å². The zero-order valence-corrected chi connectivity index (χ0v) is 11.5. The molecule has 5 nitrogen and oxygen atoms in total. The Balaban J connectivity index is 1.97. The number of nitrogens with zero attached hydrogens (tertiary/aromatic N) is 1. The lowest BCUT2D eigenvalue weighted by Crippen LogP contribution is -2.53. The van der Waals surface area contributed by atoms with E-state index in [-0.39, 0.29) is 17.9 Å². The number of benzene rings is 1. The average Bonchev–Trinajstić information content (AvgIpc) is 2.77. The Labute approximate surface area is 117 Å². The molecule has 0 saturated heterocycles. The molecule has 0 spiro atoms. The van der Waals surface area contributed by atoms with Gasteiger partial charge in [0.05, 0.1) is 6.54 Å². The fourth-order valence-electron chi connectivity index (χ4n) is 2.59. The van der Waals surface area contributed by atoms with Crippen molar-refractivity contribution in [2.24, 2.45) is 0 Å². The minimum absolute atomic E-state index is 0.0576. The summed E-state index contributed by atoms with van der Waals surface area (Å²) in [6.45, 7) is 4.27. The standard InChI is InChI=1S/C15H17N3O2/c1-9(2)16-14(19)11-8-18-12-6-4-3-5-10(12)7-13(18)15(20)17-11/h3-7,9,11H,8H2,1-2H3,(H,16,19)(H,17,20)/t11-/m0/s1. The number of para-hydroxylation sites is 1. The number of hydrogen-bond acceptors (Lipinski definition) is 2. The molecule has 0 radical (unpaired) electrons. The maximum atomic E-state index is 12.1. The van der Waals surface area contributed by atoms with E-state index < -0.39 is 6.04 Å². The number of carbonyl (C=O) groups excluding carboxylic acids is 2. The van der Waals surface area contributed by atoms with Crippen LogP contribution in [0.25, 0.3) is 10.9 Å². The van der Waals surface area contributed by atoms with Crippen LogP contribution in [0.3, 0.4) is 0 Å². The normalized spacial score (nSPS) is 17.9. The van der Waals surface area contributed by atoms with Crippen LogP contribution >= 0.6 is 0 Å². The lowest BCUT2D eigenvalue weighted by atomic mass is 10.2. The molecular formula is C15H17N3O2. The third-order valence-corrected chi connectivity index (χ3v) is 3.46. The summed E-state index contributed by atoms with van der Waals surface area (Å²) in [7, 11) is 0. The molecule has 0 saturated carbocycles. The zero-order valence-electron chi connectivity index (χ0n) is 11.5. The molecule has 0 unspecified atom stereocenters. The summed E-state index contributed by atoms with van der Waals surface area (Å²) < 4.78 is 1.92. The molecule has 3 rings (SSSR count). The first-order valence-corrected chi connectivity index (χ1v) is 6.76. The van der Waals surface area contributed by atoms with Crippen LogP contribution in [0.15, 0.2) is 30.3 Å². The first-order chi connectivity index (χ1) is 9.56. The zero-order chi connectivity index (χ0) is 14.3. The molecule has 104 valence electrons. The largest absolute Gasteiger partial charge is 0.352 e. The molecule has 0 bridgehead atoms. The number of aromatic nitrogens is 1. The molecular weight excluding hydrogens is 254 g/mol. The SMILES string of the molecule is CC(C)NC(=O)[C@@H]1Cn2c(cc3ccccc32)C(=O)N1. The minimum atomic E-state index is -0.520. The van der Waals surface area contributed by atoms with Crippen molar-refractivity contribution in [1.82, 2.24) is 15.2 Å². The van der Waals surface area contributed by atoms with Crippen LogP contribution in [0.4, 0.5) is 0 Å². The summed E-state index contributed by atoms with van der Waals surface area (Å²) >= 11 is 0. The van der Waals surface area contributed by atoms with Gasteiger partial charge in [0.25, 0.3) is 5.91 Å². The van der Waals surface area contributed by atoms with Crippen LogP contribution in [0.2, 0.25) is 0 Å². The van der Waals surface area contributed by atoms with Crippen LogP contribution in [0, 0.1) is 0 Å². The van der Waals surface area contributed by atoms with Gasteiger partial charge < -0.3 is 15.2 Å². The highest BCUT2D eigenvalue weighted by Crippen LogP contribution is 2.22. The molecule has 20 heavy (non-hydrogen) atoms. The van der Waals surface area contributed by atoms with E-state index in [4.69, 9.17) is 0 Å². The second kappa shape index (κ2) is 4.67. The number of fused-ring (bicyclic) bond motifs is 3. The lowest BCUT2D eigenvalue weighted by Gasteiger charge is -2.26. The third-order valence-electron chi connectivity index (χ3n) is 3.46. The van der Waals surface area contributed by atoms with Crippen molar-refractivity contribution in [3.8, 4) is 0 Å². The van der Waals surface area contributed by atoms with Gasteiger partial charge in [0.1, 0.15) is 11.7 Å². The molecule has 1 aliphatic heterocycles. The van der Waals surface area contributed by atoms with Gasteiger partial charge >= 0.3 is 0 Å². The molecule has 2 amide bonds. The maximum Gasteiger partial charge on any atom is 0.268 e. The summed E-state index contributed by atoms with van der Waals surface area (Å²) in [4.78, 5) is 24.2. The Morgan fingerprint density at radius 2 is 2.15 bits per heavy atom. The van der Waals surface area contributed by atoms with Crippen LogP contribution in [0.5, 0.6) is 0 Å². The summed E-state index contributed by atoms with van der Waals surface area (Å²) in [6, 6.07) is 9.21. The van der Waals surface area contributed by atoms with E-state index in [0.717, 1.165) is 10.9 Å². The summed E-state index contributed by atoms with van der Waals surface area (Å²) in [5, 5.41) is 6.62. The highest BCUT2D eigenvalue weighted by atomic mass is 16.2. The predicted octanol–water partition coefficient (Wildman–Crippen LogP) is 1.28. The summed E-state index contributed by atoms with van der Waals surface area (Å²) in [6.07, 6.45) is 0. The Bertz CT molecular complexity index is 687. The van der Waals surface area contributed by atoms with Crippen LogP contribution in [0.1, 0.15) is 24.3 Å². The minimum Gasteiger partial charge on any atom is -0.352 e. The molecule has 1 atom stereocenters. The van der Waals surface area contributed by atoms with Gasteiger partial charge in [0, 0.05) is 16.9 Å². The molecule has 5 heteroatoms. The van der Waals surface area contributed by atoms with Crippen molar-refractivity contribution in [3.05, 3.63) is 36.0 Å². The van der Waals surface area contributed by atoms with E-state index in [9.17, 15) is 9.59 Å². The van der Waals surface area contributed by atoms with Gasteiger partial charge in [-0.15, -0.1) is 0 Å². The molecule has 1 aliphatic rings. The number of hydrogen-bond donors (Lipinski definition) is 2. The molecule has 1 aromatic carbocycles. The van der Waals surface area contributed by atoms with E-state index in [1.807, 2.05) is 48.7 Å². The van der Waals surface area contributed by atoms with Crippen molar-refractivity contribution in [3.63, 3.8) is 0 Å². The third kappa shape index (κ3) is 2.05. The predicted molar refractivity (Wildman–Crippen MR) is 76.5 cm³/mol. The molecule has 2 N–H and O–H groups in total. The van der Waals surface area contributed by atoms with Crippen molar-refractivity contribution < 1.29 is 9.59 Å². The van der Waals surface area contributed by atoms with E-state index >= 15 is 0 Å². The van der Waals surface area contributed by atoms with Gasteiger partial charge in [-0.25, -0.2) is 0 Å². The first kappa shape index (κ1) is 12.7.